The second-order valence-corrected chi connectivity index (χ2v) is 9.51. The van der Waals surface area contributed by atoms with E-state index in [9.17, 15) is 0 Å². The van der Waals surface area contributed by atoms with E-state index >= 15 is 0 Å². The normalized spacial score (nSPS) is 19.6. The van der Waals surface area contributed by atoms with Crippen LogP contribution in [0, 0.1) is 0 Å². The van der Waals surface area contributed by atoms with E-state index in [1.807, 2.05) is 0 Å². The maximum atomic E-state index is 6.16. The first-order valence-electron chi connectivity index (χ1n) is 10.1. The topological polar surface area (TPSA) is 50.3 Å². The minimum absolute atomic E-state index is 0.0870. The second-order valence-electron chi connectivity index (χ2n) is 7.19. The summed E-state index contributed by atoms with van der Waals surface area (Å²) in [4.78, 5) is 14.6. The van der Waals surface area contributed by atoms with Gasteiger partial charge in [0.2, 0.25) is 0 Å². The van der Waals surface area contributed by atoms with E-state index in [4.69, 9.17) is 14.7 Å². The van der Waals surface area contributed by atoms with E-state index in [-0.39, 0.29) is 5.60 Å². The number of rotatable bonds is 9. The largest absolute Gasteiger partial charge is 0.369 e. The Bertz CT molecular complexity index is 775. The van der Waals surface area contributed by atoms with Gasteiger partial charge >= 0.3 is 0 Å². The predicted octanol–water partition coefficient (Wildman–Crippen LogP) is 4.80. The zero-order valence-electron chi connectivity index (χ0n) is 17.2. The van der Waals surface area contributed by atoms with Crippen LogP contribution in [0.5, 0.6) is 0 Å². The molecule has 3 rings (SSSR count). The quantitative estimate of drug-likeness (QED) is 0.475. The van der Waals surface area contributed by atoms with Gasteiger partial charge in [0.25, 0.3) is 0 Å². The van der Waals surface area contributed by atoms with Gasteiger partial charge in [0.05, 0.1) is 17.6 Å². The van der Waals surface area contributed by atoms with E-state index < -0.39 is 0 Å². The summed E-state index contributed by atoms with van der Waals surface area (Å²) in [6, 6.07) is 0. The highest BCUT2D eigenvalue weighted by atomic mass is 32.2. The van der Waals surface area contributed by atoms with Gasteiger partial charge in [0.1, 0.15) is 10.6 Å². The van der Waals surface area contributed by atoms with Crippen LogP contribution in [0.1, 0.15) is 51.5 Å². The second kappa shape index (κ2) is 9.07. The Hall–Kier alpha value is -0.890. The van der Waals surface area contributed by atoms with Gasteiger partial charge in [-0.1, -0.05) is 39.5 Å². The molecule has 1 atom stereocenters. The molecule has 0 unspecified atom stereocenters. The summed E-state index contributed by atoms with van der Waals surface area (Å²) in [5, 5.41) is 5.72. The van der Waals surface area contributed by atoms with Crippen molar-refractivity contribution >= 4 is 39.1 Å². The van der Waals surface area contributed by atoms with E-state index in [0.29, 0.717) is 6.61 Å². The number of fused-ring (bicyclic) bond motifs is 3. The molecule has 1 aliphatic heterocycles. The van der Waals surface area contributed by atoms with Crippen LogP contribution in [0.3, 0.4) is 0 Å². The monoisotopic (exact) mass is 408 g/mol. The molecule has 0 saturated heterocycles. The summed E-state index contributed by atoms with van der Waals surface area (Å²) in [7, 11) is 0. The van der Waals surface area contributed by atoms with Crippen molar-refractivity contribution in [2.24, 2.45) is 0 Å². The molecule has 27 heavy (non-hydrogen) atoms. The highest BCUT2D eigenvalue weighted by Crippen LogP contribution is 2.42. The van der Waals surface area contributed by atoms with Gasteiger partial charge in [-0.2, -0.15) is 0 Å². The van der Waals surface area contributed by atoms with Gasteiger partial charge in [-0.25, -0.2) is 9.97 Å². The molecule has 0 fully saturated rings. The Morgan fingerprint density at radius 2 is 2.00 bits per heavy atom. The van der Waals surface area contributed by atoms with Crippen LogP contribution in [-0.2, 0) is 17.8 Å². The highest BCUT2D eigenvalue weighted by Gasteiger charge is 2.33. The van der Waals surface area contributed by atoms with Crippen molar-refractivity contribution in [2.75, 3.05) is 37.2 Å². The Labute approximate surface area is 171 Å². The van der Waals surface area contributed by atoms with E-state index in [2.05, 4.69) is 44.8 Å². The number of nitrogens with zero attached hydrogens (tertiary/aromatic N) is 3. The first kappa shape index (κ1) is 20.8. The van der Waals surface area contributed by atoms with Gasteiger partial charge in [-0.05, 0) is 37.8 Å². The molecule has 1 N–H and O–H groups in total. The first-order chi connectivity index (χ1) is 13.0. The maximum Gasteiger partial charge on any atom is 0.190 e. The molecule has 150 valence electrons. The van der Waals surface area contributed by atoms with Crippen molar-refractivity contribution in [3.8, 4) is 0 Å². The van der Waals surface area contributed by atoms with E-state index in [1.165, 1.54) is 15.8 Å². The fourth-order valence-electron chi connectivity index (χ4n) is 3.47. The minimum atomic E-state index is -0.0870. The SMILES string of the molecule is CCSc1nc(NCCN(CC)CC)c2c3c(sc2n1)CO[C@](C)(CC)C3. The van der Waals surface area contributed by atoms with Crippen molar-refractivity contribution in [1.29, 1.82) is 0 Å². The van der Waals surface area contributed by atoms with Gasteiger partial charge in [0.15, 0.2) is 5.16 Å². The van der Waals surface area contributed by atoms with Crippen molar-refractivity contribution in [3.63, 3.8) is 0 Å². The van der Waals surface area contributed by atoms with Crippen molar-refractivity contribution in [2.45, 2.75) is 64.8 Å². The number of hydrogen-bond acceptors (Lipinski definition) is 7. The number of nitrogens with one attached hydrogen (secondary N) is 1. The molecule has 7 heteroatoms. The molecule has 0 aromatic carbocycles. The number of thiophene rings is 1. The molecule has 2 aromatic rings. The lowest BCUT2D eigenvalue weighted by atomic mass is 9.90. The smallest absolute Gasteiger partial charge is 0.190 e. The fourth-order valence-corrected chi connectivity index (χ4v) is 5.20. The van der Waals surface area contributed by atoms with E-state index in [1.54, 1.807) is 23.1 Å². The summed E-state index contributed by atoms with van der Waals surface area (Å²) in [6.07, 6.45) is 1.95. The summed E-state index contributed by atoms with van der Waals surface area (Å²) >= 11 is 3.48. The van der Waals surface area contributed by atoms with Crippen LogP contribution < -0.4 is 5.32 Å². The molecule has 0 radical (unpaired) electrons. The lowest BCUT2D eigenvalue weighted by Crippen LogP contribution is -2.34. The minimum Gasteiger partial charge on any atom is -0.369 e. The van der Waals surface area contributed by atoms with Gasteiger partial charge in [-0.3, -0.25) is 0 Å². The summed E-state index contributed by atoms with van der Waals surface area (Å²) in [5.74, 6) is 1.98. The summed E-state index contributed by atoms with van der Waals surface area (Å²) in [6.45, 7) is 15.8. The van der Waals surface area contributed by atoms with Crippen molar-refractivity contribution in [3.05, 3.63) is 10.4 Å². The number of likely N-dealkylation sites (N-methyl/N-ethyl adjacent to an activating group) is 1. The van der Waals surface area contributed by atoms with Gasteiger partial charge < -0.3 is 15.0 Å². The Balaban J connectivity index is 1.95. The average Bonchev–Trinajstić information content (AvgIpc) is 3.03. The van der Waals surface area contributed by atoms with Gasteiger partial charge in [0, 0.05) is 24.4 Å². The molecule has 3 heterocycles. The molecule has 0 spiro atoms. The number of thioether (sulfide) groups is 1. The standard InChI is InChI=1S/C20H32N4OS2/c1-6-20(5)12-14-15(13-25-20)27-18-16(14)17(22-19(23-18)26-9-4)21-10-11-24(7-2)8-3/h6-13H2,1-5H3,(H,21,22,23)/t20-/m1/s1. The van der Waals surface area contributed by atoms with Crippen LogP contribution in [0.25, 0.3) is 10.2 Å². The van der Waals surface area contributed by atoms with Crippen molar-refractivity contribution in [1.82, 2.24) is 14.9 Å². The first-order valence-corrected chi connectivity index (χ1v) is 11.9. The summed E-state index contributed by atoms with van der Waals surface area (Å²) in [5.41, 5.74) is 1.31. The Morgan fingerprint density at radius 3 is 2.67 bits per heavy atom. The van der Waals surface area contributed by atoms with Gasteiger partial charge in [-0.15, -0.1) is 11.3 Å². The molecule has 2 aromatic heterocycles. The third kappa shape index (κ3) is 4.58. The van der Waals surface area contributed by atoms with Crippen molar-refractivity contribution < 1.29 is 4.74 Å². The average molecular weight is 409 g/mol. The summed E-state index contributed by atoms with van der Waals surface area (Å²) < 4.78 is 6.16. The molecular formula is C20H32N4OS2. The van der Waals surface area contributed by atoms with Crippen LogP contribution in [-0.4, -0.2) is 52.4 Å². The van der Waals surface area contributed by atoms with Crippen LogP contribution in [0.2, 0.25) is 0 Å². The highest BCUT2D eigenvalue weighted by molar-refractivity contribution is 7.99. The molecule has 0 bridgehead atoms. The lowest BCUT2D eigenvalue weighted by molar-refractivity contribution is -0.0542. The molecule has 0 amide bonds. The third-order valence-electron chi connectivity index (χ3n) is 5.45. The number of ether oxygens (including phenoxy) is 1. The zero-order valence-corrected chi connectivity index (χ0v) is 18.9. The zero-order chi connectivity index (χ0) is 19.4. The number of anilines is 1. The number of hydrogen-bond donors (Lipinski definition) is 1. The molecule has 1 aliphatic rings. The van der Waals surface area contributed by atoms with Crippen LogP contribution >= 0.6 is 23.1 Å². The maximum absolute atomic E-state index is 6.16. The fraction of sp³-hybridized carbons (Fsp3) is 0.700. The number of aromatic nitrogens is 2. The Morgan fingerprint density at radius 1 is 1.22 bits per heavy atom. The predicted molar refractivity (Wildman–Crippen MR) is 117 cm³/mol. The van der Waals surface area contributed by atoms with Crippen LogP contribution in [0.4, 0.5) is 5.82 Å². The lowest BCUT2D eigenvalue weighted by Gasteiger charge is -2.33. The molecule has 0 aliphatic carbocycles. The molecular weight excluding hydrogens is 376 g/mol. The third-order valence-corrected chi connectivity index (χ3v) is 7.28. The van der Waals surface area contributed by atoms with E-state index in [0.717, 1.165) is 60.6 Å². The Kier molecular flexibility index (Phi) is 7.00. The molecule has 0 saturated carbocycles. The molecule has 5 nitrogen and oxygen atoms in total. The van der Waals surface area contributed by atoms with Crippen LogP contribution in [0.15, 0.2) is 5.16 Å².